The summed E-state index contributed by atoms with van der Waals surface area (Å²) >= 11 is 0. The second-order valence-electron chi connectivity index (χ2n) is 7.49. The van der Waals surface area contributed by atoms with Gasteiger partial charge in [-0.2, -0.15) is 0 Å². The van der Waals surface area contributed by atoms with E-state index in [4.69, 9.17) is 0 Å². The van der Waals surface area contributed by atoms with E-state index in [1.54, 1.807) is 18.2 Å². The Morgan fingerprint density at radius 2 is 1.62 bits per heavy atom. The summed E-state index contributed by atoms with van der Waals surface area (Å²) in [5, 5.41) is 8.91. The van der Waals surface area contributed by atoms with Crippen LogP contribution in [0.3, 0.4) is 0 Å². The van der Waals surface area contributed by atoms with Crippen LogP contribution in [0.25, 0.3) is 0 Å². The fourth-order valence-electron chi connectivity index (χ4n) is 3.50. The third kappa shape index (κ3) is 5.13. The van der Waals surface area contributed by atoms with Crippen LogP contribution in [0, 0.1) is 0 Å². The van der Waals surface area contributed by atoms with Gasteiger partial charge in [0.2, 0.25) is 5.91 Å². The molecule has 1 heterocycles. The van der Waals surface area contributed by atoms with Crippen LogP contribution in [-0.2, 0) is 11.3 Å². The molecular weight excluding hydrogens is 404 g/mol. The van der Waals surface area contributed by atoms with Gasteiger partial charge >= 0.3 is 0 Å². The third-order valence-corrected chi connectivity index (χ3v) is 5.20. The van der Waals surface area contributed by atoms with Gasteiger partial charge in [0.15, 0.2) is 0 Å². The van der Waals surface area contributed by atoms with E-state index in [2.05, 4.69) is 16.0 Å². The van der Waals surface area contributed by atoms with Crippen molar-refractivity contribution in [3.8, 4) is 0 Å². The van der Waals surface area contributed by atoms with Gasteiger partial charge < -0.3 is 20.9 Å². The molecule has 1 saturated heterocycles. The summed E-state index contributed by atoms with van der Waals surface area (Å²) in [7, 11) is 0. The Balaban J connectivity index is 1.37. The fraction of sp³-hybridized carbons (Fsp3) is 0.160. The van der Waals surface area contributed by atoms with Crippen molar-refractivity contribution in [1.82, 2.24) is 15.5 Å². The Kier molecular flexibility index (Phi) is 6.46. The summed E-state index contributed by atoms with van der Waals surface area (Å²) in [5.41, 5.74) is 3.57. The molecule has 7 nitrogen and oxygen atoms in total. The molecule has 3 N–H and O–H groups in total. The SMILES string of the molecule is O=C1CN(C(=O)c2ccc(CNC(=O)c3ccccc3Nc3ccccc3)cc2)CCN1. The van der Waals surface area contributed by atoms with Crippen LogP contribution < -0.4 is 16.0 Å². The van der Waals surface area contributed by atoms with Crippen LogP contribution in [0.4, 0.5) is 11.4 Å². The van der Waals surface area contributed by atoms with Crippen molar-refractivity contribution < 1.29 is 14.4 Å². The van der Waals surface area contributed by atoms with Crippen molar-refractivity contribution in [2.45, 2.75) is 6.54 Å². The van der Waals surface area contributed by atoms with Gasteiger partial charge in [-0.1, -0.05) is 42.5 Å². The molecule has 32 heavy (non-hydrogen) atoms. The van der Waals surface area contributed by atoms with Gasteiger partial charge in [0.05, 0.1) is 17.8 Å². The Morgan fingerprint density at radius 1 is 0.906 bits per heavy atom. The Bertz CT molecular complexity index is 1110. The summed E-state index contributed by atoms with van der Waals surface area (Å²) < 4.78 is 0. The van der Waals surface area contributed by atoms with Crippen LogP contribution in [0.2, 0.25) is 0 Å². The van der Waals surface area contributed by atoms with Crippen molar-refractivity contribution in [3.05, 3.63) is 95.6 Å². The van der Waals surface area contributed by atoms with Gasteiger partial charge in [-0.3, -0.25) is 14.4 Å². The fourth-order valence-corrected chi connectivity index (χ4v) is 3.50. The maximum atomic E-state index is 12.8. The highest BCUT2D eigenvalue weighted by Crippen LogP contribution is 2.20. The number of carbonyl (C=O) groups is 3. The highest BCUT2D eigenvalue weighted by Gasteiger charge is 2.22. The number of amides is 3. The lowest BCUT2D eigenvalue weighted by Crippen LogP contribution is -2.49. The number of para-hydroxylation sites is 2. The first-order valence-electron chi connectivity index (χ1n) is 10.4. The van der Waals surface area contributed by atoms with Gasteiger partial charge in [-0.15, -0.1) is 0 Å². The lowest BCUT2D eigenvalue weighted by molar-refractivity contribution is -0.123. The zero-order valence-electron chi connectivity index (χ0n) is 17.5. The number of piperazine rings is 1. The molecule has 0 bridgehead atoms. The third-order valence-electron chi connectivity index (χ3n) is 5.20. The molecule has 0 aliphatic carbocycles. The van der Waals surface area contributed by atoms with Crippen molar-refractivity contribution >= 4 is 29.1 Å². The van der Waals surface area contributed by atoms with Crippen LogP contribution in [0.15, 0.2) is 78.9 Å². The summed E-state index contributed by atoms with van der Waals surface area (Å²) in [5.74, 6) is -0.508. The average Bonchev–Trinajstić information content (AvgIpc) is 2.83. The second kappa shape index (κ2) is 9.78. The molecular formula is C25H24N4O3. The minimum Gasteiger partial charge on any atom is -0.355 e. The van der Waals surface area contributed by atoms with Crippen molar-refractivity contribution in [3.63, 3.8) is 0 Å². The van der Waals surface area contributed by atoms with Crippen LogP contribution in [-0.4, -0.2) is 42.3 Å². The summed E-state index contributed by atoms with van der Waals surface area (Å²) in [6.45, 7) is 1.38. The quantitative estimate of drug-likeness (QED) is 0.563. The van der Waals surface area contributed by atoms with E-state index in [1.807, 2.05) is 60.7 Å². The van der Waals surface area contributed by atoms with Crippen LogP contribution in [0.5, 0.6) is 0 Å². The van der Waals surface area contributed by atoms with Gasteiger partial charge in [0.25, 0.3) is 11.8 Å². The van der Waals surface area contributed by atoms with E-state index in [9.17, 15) is 14.4 Å². The minimum absolute atomic E-state index is 0.0765. The van der Waals surface area contributed by atoms with E-state index < -0.39 is 0 Å². The van der Waals surface area contributed by atoms with Crippen LogP contribution in [0.1, 0.15) is 26.3 Å². The Hall–Kier alpha value is -4.13. The first-order valence-corrected chi connectivity index (χ1v) is 10.4. The van der Waals surface area contributed by atoms with E-state index >= 15 is 0 Å². The van der Waals surface area contributed by atoms with Crippen molar-refractivity contribution in [2.75, 3.05) is 25.0 Å². The van der Waals surface area contributed by atoms with Gasteiger partial charge in [-0.25, -0.2) is 0 Å². The lowest BCUT2D eigenvalue weighted by Gasteiger charge is -2.26. The lowest BCUT2D eigenvalue weighted by atomic mass is 10.1. The number of anilines is 2. The number of nitrogens with zero attached hydrogens (tertiary/aromatic N) is 1. The van der Waals surface area contributed by atoms with Crippen molar-refractivity contribution in [2.24, 2.45) is 0 Å². The molecule has 0 saturated carbocycles. The molecule has 7 heteroatoms. The highest BCUT2D eigenvalue weighted by atomic mass is 16.2. The molecule has 1 fully saturated rings. The number of carbonyl (C=O) groups excluding carboxylic acids is 3. The van der Waals surface area contributed by atoms with Gasteiger partial charge in [-0.05, 0) is 42.0 Å². The van der Waals surface area contributed by atoms with E-state index in [1.165, 1.54) is 4.90 Å². The Labute approximate surface area is 186 Å². The number of rotatable bonds is 6. The van der Waals surface area contributed by atoms with E-state index in [0.29, 0.717) is 30.8 Å². The zero-order chi connectivity index (χ0) is 22.3. The second-order valence-corrected chi connectivity index (χ2v) is 7.49. The maximum Gasteiger partial charge on any atom is 0.254 e. The number of hydrogen-bond donors (Lipinski definition) is 3. The molecule has 0 spiro atoms. The van der Waals surface area contributed by atoms with Gasteiger partial charge in [0, 0.05) is 30.9 Å². The molecule has 3 amide bonds. The Morgan fingerprint density at radius 3 is 2.38 bits per heavy atom. The first-order chi connectivity index (χ1) is 15.6. The highest BCUT2D eigenvalue weighted by molar-refractivity contribution is 6.00. The molecule has 0 aromatic heterocycles. The predicted molar refractivity (Wildman–Crippen MR) is 123 cm³/mol. The van der Waals surface area contributed by atoms with Crippen molar-refractivity contribution in [1.29, 1.82) is 0 Å². The topological polar surface area (TPSA) is 90.5 Å². The molecule has 0 atom stereocenters. The smallest absolute Gasteiger partial charge is 0.254 e. The van der Waals surface area contributed by atoms with E-state index in [-0.39, 0.29) is 24.3 Å². The molecule has 0 radical (unpaired) electrons. The first kappa shape index (κ1) is 21.1. The number of benzene rings is 3. The maximum absolute atomic E-state index is 12.8. The molecule has 1 aliphatic heterocycles. The molecule has 4 rings (SSSR count). The molecule has 3 aromatic carbocycles. The predicted octanol–water partition coefficient (Wildman–Crippen LogP) is 2.93. The normalized spacial score (nSPS) is 13.2. The monoisotopic (exact) mass is 428 g/mol. The summed E-state index contributed by atoms with van der Waals surface area (Å²) in [6, 6.07) is 24.1. The standard InChI is InChI=1S/C25H24N4O3/c30-23-17-29(15-14-26-23)25(32)19-12-10-18(11-13-19)16-27-24(31)21-8-4-5-9-22(21)28-20-6-2-1-3-7-20/h1-13,28H,14-17H2,(H,26,30)(H,27,31). The molecule has 0 unspecified atom stereocenters. The molecule has 1 aliphatic rings. The van der Waals surface area contributed by atoms with Gasteiger partial charge in [0.1, 0.15) is 0 Å². The average molecular weight is 428 g/mol. The number of nitrogens with one attached hydrogen (secondary N) is 3. The summed E-state index contributed by atoms with van der Waals surface area (Å²) in [4.78, 5) is 38.4. The molecule has 3 aromatic rings. The van der Waals surface area contributed by atoms with Crippen LogP contribution >= 0.6 is 0 Å². The van der Waals surface area contributed by atoms with E-state index in [0.717, 1.165) is 16.9 Å². The molecule has 162 valence electrons. The largest absolute Gasteiger partial charge is 0.355 e. The summed E-state index contributed by atoms with van der Waals surface area (Å²) in [6.07, 6.45) is 0. The number of hydrogen-bond acceptors (Lipinski definition) is 4. The zero-order valence-corrected chi connectivity index (χ0v) is 17.5. The minimum atomic E-state index is -0.191.